The average Bonchev–Trinajstić information content (AvgIpc) is 3.71. The first kappa shape index (κ1) is 32.1. The molecule has 2 heterocycles. The number of hydrogen-bond acceptors (Lipinski definition) is 1. The summed E-state index contributed by atoms with van der Waals surface area (Å²) in [5.74, 6) is 0.423. The van der Waals surface area contributed by atoms with Crippen molar-refractivity contribution in [3.8, 4) is 27.9 Å². The number of aryl methyl sites for hydroxylation is 4. The van der Waals surface area contributed by atoms with Gasteiger partial charge in [-0.2, -0.15) is 0 Å². The van der Waals surface area contributed by atoms with Gasteiger partial charge in [-0.3, -0.25) is 0 Å². The van der Waals surface area contributed by atoms with Crippen LogP contribution in [0, 0.1) is 27.7 Å². The minimum absolute atomic E-state index is 0.423. The van der Waals surface area contributed by atoms with Crippen LogP contribution < -0.4 is 0 Å². The quantitative estimate of drug-likeness (QED) is 0.167. The minimum Gasteiger partial charge on any atom is -0.455 e. The van der Waals surface area contributed by atoms with Gasteiger partial charge in [0.2, 0.25) is 0 Å². The largest absolute Gasteiger partial charge is 0.455 e. The Labute approximate surface area is 320 Å². The SMILES string of the molecule is Cc1cccc(C)c1-c1ccc2c(c1)oc1c2cc2ccc3c4c(ccc1c24)cc1c2ccc(-c4c(C)cccc4C)cc2n(-c2cccc(C(C)C)c2)c13. The summed E-state index contributed by atoms with van der Waals surface area (Å²) < 4.78 is 9.42. The second kappa shape index (κ2) is 11.6. The Morgan fingerprint density at radius 1 is 0.473 bits per heavy atom. The first-order valence-corrected chi connectivity index (χ1v) is 19.5. The molecule has 0 bridgehead atoms. The van der Waals surface area contributed by atoms with Crippen LogP contribution in [-0.2, 0) is 0 Å². The number of nitrogens with zero attached hydrogens (tertiary/aromatic N) is 1. The highest BCUT2D eigenvalue weighted by atomic mass is 16.3. The van der Waals surface area contributed by atoms with E-state index < -0.39 is 0 Å². The van der Waals surface area contributed by atoms with Crippen molar-refractivity contribution < 1.29 is 4.42 Å². The maximum absolute atomic E-state index is 6.88. The Morgan fingerprint density at radius 2 is 1.04 bits per heavy atom. The second-order valence-corrected chi connectivity index (χ2v) is 16.1. The zero-order valence-corrected chi connectivity index (χ0v) is 32.1. The molecule has 0 atom stereocenters. The van der Waals surface area contributed by atoms with E-state index >= 15 is 0 Å². The molecule has 2 aromatic heterocycles. The molecule has 0 amide bonds. The van der Waals surface area contributed by atoms with E-state index in [1.807, 2.05) is 0 Å². The van der Waals surface area contributed by atoms with E-state index in [1.54, 1.807) is 0 Å². The summed E-state index contributed by atoms with van der Waals surface area (Å²) in [5.41, 5.74) is 17.1. The fourth-order valence-electron chi connectivity index (χ4n) is 9.81. The molecule has 2 heteroatoms. The third-order valence-corrected chi connectivity index (χ3v) is 12.4. The first-order valence-electron chi connectivity index (χ1n) is 19.5. The highest BCUT2D eigenvalue weighted by Crippen LogP contribution is 2.47. The van der Waals surface area contributed by atoms with E-state index in [9.17, 15) is 0 Å². The molecule has 0 saturated heterocycles. The van der Waals surface area contributed by atoms with E-state index in [0.29, 0.717) is 5.92 Å². The van der Waals surface area contributed by atoms with Crippen molar-refractivity contribution in [2.24, 2.45) is 0 Å². The minimum atomic E-state index is 0.423. The predicted octanol–water partition coefficient (Wildman–Crippen LogP) is 15.3. The predicted molar refractivity (Wildman–Crippen MR) is 236 cm³/mol. The zero-order valence-electron chi connectivity index (χ0n) is 32.1. The smallest absolute Gasteiger partial charge is 0.143 e. The zero-order chi connectivity index (χ0) is 37.3. The number of benzene rings is 9. The van der Waals surface area contributed by atoms with Crippen molar-refractivity contribution in [1.82, 2.24) is 4.57 Å². The van der Waals surface area contributed by atoms with Crippen LogP contribution in [0.3, 0.4) is 0 Å². The van der Waals surface area contributed by atoms with E-state index in [1.165, 1.54) is 104 Å². The molecule has 2 nitrogen and oxygen atoms in total. The van der Waals surface area contributed by atoms with Crippen molar-refractivity contribution in [1.29, 1.82) is 0 Å². The molecule has 264 valence electrons. The first-order chi connectivity index (χ1) is 26.7. The summed E-state index contributed by atoms with van der Waals surface area (Å²) in [4.78, 5) is 0. The molecule has 55 heavy (non-hydrogen) atoms. The Bertz CT molecular complexity index is 3350. The number of fused-ring (bicyclic) bond motifs is 8. The molecule has 9 aromatic carbocycles. The molecule has 0 aliphatic carbocycles. The summed E-state index contributed by atoms with van der Waals surface area (Å²) in [6.07, 6.45) is 0. The monoisotopic (exact) mass is 707 g/mol. The second-order valence-electron chi connectivity index (χ2n) is 16.1. The van der Waals surface area contributed by atoms with Crippen molar-refractivity contribution in [3.63, 3.8) is 0 Å². The fourth-order valence-corrected chi connectivity index (χ4v) is 9.81. The summed E-state index contributed by atoms with van der Waals surface area (Å²) >= 11 is 0. The molecule has 11 aromatic rings. The van der Waals surface area contributed by atoms with Crippen molar-refractivity contribution in [3.05, 3.63) is 161 Å². The molecule has 0 aliphatic heterocycles. The molecule has 0 spiro atoms. The van der Waals surface area contributed by atoms with E-state index in [0.717, 1.165) is 27.3 Å². The number of hydrogen-bond donors (Lipinski definition) is 0. The lowest BCUT2D eigenvalue weighted by molar-refractivity contribution is 0.673. The standard InChI is InChI=1S/C53H41NO/c1-29(2)34-14-9-15-39(24-34)54-46-27-37(48-30(3)10-7-11-31(48)4)16-20-40(46)44-25-35-19-23-43-51-36(18-22-42(50(35)51)52(44)54)26-45-41-21-17-38(28-47(41)55-53(43)45)49-32(5)12-8-13-33(49)6/h7-29H,1-6H3. The van der Waals surface area contributed by atoms with Gasteiger partial charge in [0.05, 0.1) is 11.0 Å². The van der Waals surface area contributed by atoms with Crippen LogP contribution in [0.5, 0.6) is 0 Å². The highest BCUT2D eigenvalue weighted by molar-refractivity contribution is 6.35. The Morgan fingerprint density at radius 3 is 1.71 bits per heavy atom. The molecule has 0 N–H and O–H groups in total. The normalized spacial score (nSPS) is 12.3. The summed E-state index contributed by atoms with van der Waals surface area (Å²) in [6.45, 7) is 13.4. The van der Waals surface area contributed by atoms with Gasteiger partial charge in [0.15, 0.2) is 0 Å². The van der Waals surface area contributed by atoms with Crippen molar-refractivity contribution >= 4 is 76.1 Å². The van der Waals surface area contributed by atoms with Gasteiger partial charge in [0, 0.05) is 43.4 Å². The van der Waals surface area contributed by atoms with Gasteiger partial charge in [-0.25, -0.2) is 0 Å². The molecule has 11 rings (SSSR count). The third-order valence-electron chi connectivity index (χ3n) is 12.4. The van der Waals surface area contributed by atoms with Gasteiger partial charge in [-0.1, -0.05) is 98.8 Å². The lowest BCUT2D eigenvalue weighted by Gasteiger charge is -2.16. The lowest BCUT2D eigenvalue weighted by Crippen LogP contribution is -1.98. The summed E-state index contributed by atoms with van der Waals surface area (Å²) in [5, 5.41) is 12.3. The van der Waals surface area contributed by atoms with Gasteiger partial charge in [0.25, 0.3) is 0 Å². The topological polar surface area (TPSA) is 18.1 Å². The molecule has 0 radical (unpaired) electrons. The van der Waals surface area contributed by atoms with Crippen LogP contribution in [-0.4, -0.2) is 4.57 Å². The average molecular weight is 708 g/mol. The van der Waals surface area contributed by atoms with Crippen LogP contribution in [0.15, 0.2) is 138 Å². The van der Waals surface area contributed by atoms with Gasteiger partial charge in [-0.05, 0) is 148 Å². The number of aromatic nitrogens is 1. The van der Waals surface area contributed by atoms with Gasteiger partial charge in [0.1, 0.15) is 11.2 Å². The number of furan rings is 1. The maximum Gasteiger partial charge on any atom is 0.143 e. The van der Waals surface area contributed by atoms with E-state index in [2.05, 4.69) is 180 Å². The third kappa shape index (κ3) is 4.55. The summed E-state index contributed by atoms with van der Waals surface area (Å²) in [7, 11) is 0. The van der Waals surface area contributed by atoms with E-state index in [4.69, 9.17) is 4.42 Å². The van der Waals surface area contributed by atoms with Crippen molar-refractivity contribution in [2.75, 3.05) is 0 Å². The highest BCUT2D eigenvalue weighted by Gasteiger charge is 2.22. The Kier molecular flexibility index (Phi) is 6.74. The molecule has 0 saturated carbocycles. The Balaban J connectivity index is 1.23. The molecule has 0 fully saturated rings. The van der Waals surface area contributed by atoms with Gasteiger partial charge >= 0.3 is 0 Å². The summed E-state index contributed by atoms with van der Waals surface area (Å²) in [6, 6.07) is 50.2. The van der Waals surface area contributed by atoms with E-state index in [-0.39, 0.29) is 0 Å². The molecular weight excluding hydrogens is 667 g/mol. The number of rotatable bonds is 4. The van der Waals surface area contributed by atoms with Gasteiger partial charge in [-0.15, -0.1) is 0 Å². The lowest BCUT2D eigenvalue weighted by atomic mass is 9.91. The van der Waals surface area contributed by atoms with Crippen LogP contribution in [0.1, 0.15) is 47.6 Å². The fraction of sp³-hybridized carbons (Fsp3) is 0.132. The Hall–Kier alpha value is -6.38. The van der Waals surface area contributed by atoms with Crippen LogP contribution >= 0.6 is 0 Å². The molecule has 0 unspecified atom stereocenters. The molecule has 0 aliphatic rings. The van der Waals surface area contributed by atoms with Gasteiger partial charge < -0.3 is 8.98 Å². The molecular formula is C53H41NO. The van der Waals surface area contributed by atoms with Crippen LogP contribution in [0.4, 0.5) is 0 Å². The van der Waals surface area contributed by atoms with Crippen LogP contribution in [0.2, 0.25) is 0 Å². The van der Waals surface area contributed by atoms with Crippen molar-refractivity contribution in [2.45, 2.75) is 47.5 Å². The van der Waals surface area contributed by atoms with Crippen LogP contribution in [0.25, 0.3) is 104 Å². The maximum atomic E-state index is 6.88.